The molecule has 0 spiro atoms. The van der Waals surface area contributed by atoms with Gasteiger partial charge in [0.1, 0.15) is 5.75 Å². The molecule has 0 aromatic heterocycles. The molecule has 0 heterocycles. The Balaban J connectivity index is 2.90. The number of hydrogen-bond donors (Lipinski definition) is 1. The zero-order chi connectivity index (χ0) is 10.1. The Morgan fingerprint density at radius 1 is 1.31 bits per heavy atom. The highest BCUT2D eigenvalue weighted by Gasteiger charge is 2.31. The van der Waals surface area contributed by atoms with Crippen molar-refractivity contribution < 1.29 is 17.9 Å². The van der Waals surface area contributed by atoms with Crippen LogP contribution in [0.5, 0.6) is 5.75 Å². The van der Waals surface area contributed by atoms with Crippen LogP contribution >= 0.6 is 0 Å². The van der Waals surface area contributed by atoms with Gasteiger partial charge < -0.3 is 10.5 Å². The molecule has 0 aliphatic rings. The van der Waals surface area contributed by atoms with Crippen molar-refractivity contribution >= 4 is 5.69 Å². The highest BCUT2D eigenvalue weighted by Crippen LogP contribution is 2.26. The second-order valence-electron chi connectivity index (χ2n) is 2.57. The number of aryl methyl sites for hydroxylation is 1. The van der Waals surface area contributed by atoms with Gasteiger partial charge in [0.05, 0.1) is 0 Å². The van der Waals surface area contributed by atoms with E-state index in [4.69, 9.17) is 5.73 Å². The summed E-state index contributed by atoms with van der Waals surface area (Å²) in [6.45, 7) is 1.50. The fourth-order valence-corrected chi connectivity index (χ4v) is 0.912. The molecule has 1 rings (SSSR count). The van der Waals surface area contributed by atoms with E-state index < -0.39 is 6.36 Å². The summed E-state index contributed by atoms with van der Waals surface area (Å²) in [5.74, 6) is -0.221. The molecule has 0 saturated carbocycles. The van der Waals surface area contributed by atoms with Gasteiger partial charge >= 0.3 is 6.36 Å². The van der Waals surface area contributed by atoms with Crippen LogP contribution in [0.25, 0.3) is 0 Å². The molecule has 13 heavy (non-hydrogen) atoms. The predicted molar refractivity (Wildman–Crippen MR) is 42.3 cm³/mol. The predicted octanol–water partition coefficient (Wildman–Crippen LogP) is 2.48. The number of hydrogen-bond acceptors (Lipinski definition) is 2. The van der Waals surface area contributed by atoms with E-state index in [0.29, 0.717) is 11.3 Å². The first-order valence-corrected chi connectivity index (χ1v) is 3.50. The van der Waals surface area contributed by atoms with E-state index in [2.05, 4.69) is 4.74 Å². The smallest absolute Gasteiger partial charge is 0.406 e. The molecule has 5 heteroatoms. The van der Waals surface area contributed by atoms with Gasteiger partial charge in [0.25, 0.3) is 0 Å². The summed E-state index contributed by atoms with van der Waals surface area (Å²) >= 11 is 0. The van der Waals surface area contributed by atoms with E-state index >= 15 is 0 Å². The van der Waals surface area contributed by atoms with Gasteiger partial charge in [0.15, 0.2) is 0 Å². The second kappa shape index (κ2) is 3.16. The average molecular weight is 191 g/mol. The molecule has 2 N–H and O–H groups in total. The van der Waals surface area contributed by atoms with Crippen molar-refractivity contribution in [2.75, 3.05) is 5.73 Å². The Morgan fingerprint density at radius 3 is 2.38 bits per heavy atom. The van der Waals surface area contributed by atoms with E-state index in [0.717, 1.165) is 0 Å². The molecule has 0 aliphatic heterocycles. The maximum Gasteiger partial charge on any atom is 0.573 e. The van der Waals surface area contributed by atoms with Crippen LogP contribution in [-0.2, 0) is 0 Å². The highest BCUT2D eigenvalue weighted by molar-refractivity contribution is 5.47. The lowest BCUT2D eigenvalue weighted by Gasteiger charge is -2.11. The maximum atomic E-state index is 11.8. The molecule has 0 radical (unpaired) electrons. The molecule has 0 fully saturated rings. The van der Waals surface area contributed by atoms with E-state index in [-0.39, 0.29) is 5.75 Å². The van der Waals surface area contributed by atoms with E-state index in [1.165, 1.54) is 25.1 Å². The third-order valence-corrected chi connectivity index (χ3v) is 1.42. The Morgan fingerprint density at radius 2 is 1.92 bits per heavy atom. The van der Waals surface area contributed by atoms with Crippen molar-refractivity contribution in [3.63, 3.8) is 0 Å². The zero-order valence-electron chi connectivity index (χ0n) is 6.85. The molecule has 0 amide bonds. The summed E-state index contributed by atoms with van der Waals surface area (Å²) in [6.07, 6.45) is -4.65. The summed E-state index contributed by atoms with van der Waals surface area (Å²) in [4.78, 5) is 0. The molecule has 0 saturated heterocycles. The quantitative estimate of drug-likeness (QED) is 0.692. The number of halogens is 3. The van der Waals surface area contributed by atoms with Gasteiger partial charge in [-0.1, -0.05) is 0 Å². The summed E-state index contributed by atoms with van der Waals surface area (Å²) in [5, 5.41) is 0. The molecule has 0 bridgehead atoms. The lowest BCUT2D eigenvalue weighted by molar-refractivity contribution is -0.274. The molecular formula is C8H8F3NO. The molecule has 1 aromatic rings. The number of ether oxygens (including phenoxy) is 1. The Hall–Kier alpha value is -1.39. The number of alkyl halides is 3. The molecular weight excluding hydrogens is 183 g/mol. The Bertz CT molecular complexity index is 309. The number of anilines is 1. The van der Waals surface area contributed by atoms with E-state index in [1.54, 1.807) is 0 Å². The highest BCUT2D eigenvalue weighted by atomic mass is 19.4. The molecule has 0 aliphatic carbocycles. The van der Waals surface area contributed by atoms with Crippen LogP contribution in [0.1, 0.15) is 5.56 Å². The van der Waals surface area contributed by atoms with Crippen LogP contribution < -0.4 is 10.5 Å². The molecule has 1 aromatic carbocycles. The van der Waals surface area contributed by atoms with Crippen molar-refractivity contribution in [1.82, 2.24) is 0 Å². The first kappa shape index (κ1) is 9.70. The SMILES string of the molecule is Cc1cc(N)ccc1OC(F)(F)F. The Kier molecular flexibility index (Phi) is 2.36. The molecule has 0 atom stereocenters. The van der Waals surface area contributed by atoms with E-state index in [9.17, 15) is 13.2 Å². The van der Waals surface area contributed by atoms with Gasteiger partial charge in [-0.25, -0.2) is 0 Å². The van der Waals surface area contributed by atoms with Crippen LogP contribution in [0.4, 0.5) is 18.9 Å². The van der Waals surface area contributed by atoms with Gasteiger partial charge in [0, 0.05) is 5.69 Å². The van der Waals surface area contributed by atoms with Crippen molar-refractivity contribution in [1.29, 1.82) is 0 Å². The summed E-state index contributed by atoms with van der Waals surface area (Å²) in [5.41, 5.74) is 6.12. The number of rotatable bonds is 1. The second-order valence-corrected chi connectivity index (χ2v) is 2.57. The lowest BCUT2D eigenvalue weighted by Crippen LogP contribution is -2.17. The van der Waals surface area contributed by atoms with Crippen molar-refractivity contribution in [3.05, 3.63) is 23.8 Å². The van der Waals surface area contributed by atoms with Gasteiger partial charge in [-0.3, -0.25) is 0 Å². The molecule has 2 nitrogen and oxygen atoms in total. The standard InChI is InChI=1S/C8H8F3NO/c1-5-4-6(12)2-3-7(5)13-8(9,10)11/h2-4H,12H2,1H3. The van der Waals surface area contributed by atoms with E-state index in [1.807, 2.05) is 0 Å². The summed E-state index contributed by atoms with van der Waals surface area (Å²) in [6, 6.07) is 3.97. The van der Waals surface area contributed by atoms with Crippen molar-refractivity contribution in [2.24, 2.45) is 0 Å². The topological polar surface area (TPSA) is 35.2 Å². The maximum absolute atomic E-state index is 11.8. The first-order valence-electron chi connectivity index (χ1n) is 3.50. The minimum absolute atomic E-state index is 0.221. The minimum atomic E-state index is -4.65. The fraction of sp³-hybridized carbons (Fsp3) is 0.250. The molecule has 0 unspecified atom stereocenters. The van der Waals surface area contributed by atoms with Gasteiger partial charge in [-0.05, 0) is 30.7 Å². The largest absolute Gasteiger partial charge is 0.573 e. The number of nitrogen functional groups attached to an aromatic ring is 1. The van der Waals surface area contributed by atoms with Crippen LogP contribution in [0.2, 0.25) is 0 Å². The summed E-state index contributed by atoms with van der Waals surface area (Å²) in [7, 11) is 0. The summed E-state index contributed by atoms with van der Waals surface area (Å²) < 4.78 is 39.0. The third-order valence-electron chi connectivity index (χ3n) is 1.42. The van der Waals surface area contributed by atoms with Crippen molar-refractivity contribution in [2.45, 2.75) is 13.3 Å². The first-order chi connectivity index (χ1) is 5.88. The fourth-order valence-electron chi connectivity index (χ4n) is 0.912. The lowest BCUT2D eigenvalue weighted by atomic mass is 10.2. The average Bonchev–Trinajstić information content (AvgIpc) is 1.93. The number of benzene rings is 1. The minimum Gasteiger partial charge on any atom is -0.406 e. The van der Waals surface area contributed by atoms with Crippen LogP contribution in [0, 0.1) is 6.92 Å². The van der Waals surface area contributed by atoms with Crippen LogP contribution in [0.3, 0.4) is 0 Å². The van der Waals surface area contributed by atoms with Crippen LogP contribution in [-0.4, -0.2) is 6.36 Å². The van der Waals surface area contributed by atoms with Crippen molar-refractivity contribution in [3.8, 4) is 5.75 Å². The monoisotopic (exact) mass is 191 g/mol. The normalized spacial score (nSPS) is 11.4. The zero-order valence-corrected chi connectivity index (χ0v) is 6.85. The molecule has 72 valence electrons. The number of nitrogens with two attached hydrogens (primary N) is 1. The van der Waals surface area contributed by atoms with Gasteiger partial charge in [-0.15, -0.1) is 13.2 Å². The van der Waals surface area contributed by atoms with Gasteiger partial charge in [0.2, 0.25) is 0 Å². The van der Waals surface area contributed by atoms with Crippen LogP contribution in [0.15, 0.2) is 18.2 Å². The van der Waals surface area contributed by atoms with Gasteiger partial charge in [-0.2, -0.15) is 0 Å². The Labute approximate surface area is 73.1 Å². The third kappa shape index (κ3) is 2.85.